The van der Waals surface area contributed by atoms with Crippen LogP contribution < -0.4 is 10.1 Å². The lowest BCUT2D eigenvalue weighted by Gasteiger charge is -2.14. The molecule has 2 rings (SSSR count). The topological polar surface area (TPSA) is 58.6 Å². The van der Waals surface area contributed by atoms with E-state index in [0.29, 0.717) is 11.7 Å². The Labute approximate surface area is 125 Å². The summed E-state index contributed by atoms with van der Waals surface area (Å²) in [5.41, 5.74) is 1.19. The minimum absolute atomic E-state index is 0.000230. The summed E-state index contributed by atoms with van der Waals surface area (Å²) in [5, 5.41) is 11.9. The van der Waals surface area contributed by atoms with E-state index in [-0.39, 0.29) is 31.1 Å². The minimum atomic E-state index is -0.141. The van der Waals surface area contributed by atoms with Crippen LogP contribution in [0.1, 0.15) is 31.7 Å². The zero-order valence-electron chi connectivity index (χ0n) is 12.6. The van der Waals surface area contributed by atoms with Gasteiger partial charge in [-0.15, -0.1) is 0 Å². The molecule has 0 fully saturated rings. The number of aliphatic hydroxyl groups excluding tert-OH is 1. The lowest BCUT2D eigenvalue weighted by Crippen LogP contribution is -2.36. The second kappa shape index (κ2) is 7.27. The maximum atomic E-state index is 11.9. The normalized spacial score (nSPS) is 20.8. The monoisotopic (exact) mass is 289 g/mol. The molecule has 1 aliphatic rings. The molecule has 21 heavy (non-hydrogen) atoms. The van der Waals surface area contributed by atoms with Crippen molar-refractivity contribution in [3.63, 3.8) is 0 Å². The van der Waals surface area contributed by atoms with E-state index in [1.807, 2.05) is 30.4 Å². The van der Waals surface area contributed by atoms with Gasteiger partial charge < -0.3 is 15.2 Å². The Morgan fingerprint density at radius 2 is 2.24 bits per heavy atom. The number of hydrogen-bond donors (Lipinski definition) is 2. The van der Waals surface area contributed by atoms with Crippen molar-refractivity contribution in [3.8, 4) is 5.75 Å². The van der Waals surface area contributed by atoms with Crippen molar-refractivity contribution in [2.24, 2.45) is 5.92 Å². The van der Waals surface area contributed by atoms with Gasteiger partial charge in [0, 0.05) is 18.6 Å². The van der Waals surface area contributed by atoms with Crippen LogP contribution in [0.4, 0.5) is 0 Å². The maximum absolute atomic E-state index is 11.9. The van der Waals surface area contributed by atoms with Crippen molar-refractivity contribution in [3.05, 3.63) is 42.0 Å². The lowest BCUT2D eigenvalue weighted by atomic mass is 10.0. The number of amides is 1. The molecule has 0 unspecified atom stereocenters. The van der Waals surface area contributed by atoms with Crippen molar-refractivity contribution in [2.45, 2.75) is 32.2 Å². The van der Waals surface area contributed by atoms with Gasteiger partial charge in [-0.2, -0.15) is 0 Å². The van der Waals surface area contributed by atoms with Crippen LogP contribution in [0.25, 0.3) is 0 Å². The number of carbonyl (C=O) groups excluding carboxylic acids is 1. The van der Waals surface area contributed by atoms with Gasteiger partial charge >= 0.3 is 0 Å². The van der Waals surface area contributed by atoms with E-state index in [0.717, 1.165) is 6.42 Å². The molecule has 0 saturated heterocycles. The van der Waals surface area contributed by atoms with Crippen LogP contribution in [-0.4, -0.2) is 30.3 Å². The average molecular weight is 289 g/mol. The molecule has 2 atom stereocenters. The van der Waals surface area contributed by atoms with E-state index in [2.05, 4.69) is 25.2 Å². The highest BCUT2D eigenvalue weighted by atomic mass is 16.5. The van der Waals surface area contributed by atoms with Crippen molar-refractivity contribution >= 4 is 5.91 Å². The molecule has 1 aromatic rings. The SMILES string of the molecule is CC(C)c1cccc(OCC(=O)N[C@@H]2C=C[C@H](CO)C2)c1. The Morgan fingerprint density at radius 3 is 2.90 bits per heavy atom. The molecule has 0 heterocycles. The number of ether oxygens (including phenoxy) is 1. The van der Waals surface area contributed by atoms with Crippen LogP contribution in [0.15, 0.2) is 36.4 Å². The van der Waals surface area contributed by atoms with E-state index >= 15 is 0 Å². The summed E-state index contributed by atoms with van der Waals surface area (Å²) in [6.45, 7) is 4.38. The molecule has 2 N–H and O–H groups in total. The molecular weight excluding hydrogens is 266 g/mol. The first-order valence-electron chi connectivity index (χ1n) is 7.39. The number of benzene rings is 1. The molecule has 0 spiro atoms. The molecule has 0 radical (unpaired) electrons. The molecular formula is C17H23NO3. The van der Waals surface area contributed by atoms with Crippen LogP contribution in [0, 0.1) is 5.92 Å². The lowest BCUT2D eigenvalue weighted by molar-refractivity contribution is -0.123. The Hall–Kier alpha value is -1.81. The van der Waals surface area contributed by atoms with Crippen LogP contribution in [0.3, 0.4) is 0 Å². The number of hydrogen-bond acceptors (Lipinski definition) is 3. The van der Waals surface area contributed by atoms with Crippen molar-refractivity contribution in [1.29, 1.82) is 0 Å². The third kappa shape index (κ3) is 4.60. The van der Waals surface area contributed by atoms with Gasteiger partial charge in [0.25, 0.3) is 5.91 Å². The summed E-state index contributed by atoms with van der Waals surface area (Å²) in [4.78, 5) is 11.9. The maximum Gasteiger partial charge on any atom is 0.258 e. The second-order valence-electron chi connectivity index (χ2n) is 5.75. The Bertz CT molecular complexity index is 511. The first-order valence-corrected chi connectivity index (χ1v) is 7.39. The minimum Gasteiger partial charge on any atom is -0.484 e. The van der Waals surface area contributed by atoms with E-state index in [4.69, 9.17) is 9.84 Å². The molecule has 1 aliphatic carbocycles. The van der Waals surface area contributed by atoms with Crippen LogP contribution in [-0.2, 0) is 4.79 Å². The number of carbonyl (C=O) groups is 1. The van der Waals surface area contributed by atoms with Gasteiger partial charge in [0.2, 0.25) is 0 Å². The Kier molecular flexibility index (Phi) is 5.39. The van der Waals surface area contributed by atoms with Crippen molar-refractivity contribution in [1.82, 2.24) is 5.32 Å². The van der Waals surface area contributed by atoms with Crippen LogP contribution >= 0.6 is 0 Å². The van der Waals surface area contributed by atoms with Crippen molar-refractivity contribution < 1.29 is 14.6 Å². The van der Waals surface area contributed by atoms with E-state index in [9.17, 15) is 4.79 Å². The molecule has 1 amide bonds. The van der Waals surface area contributed by atoms with Gasteiger partial charge in [0.15, 0.2) is 6.61 Å². The summed E-state index contributed by atoms with van der Waals surface area (Å²) in [6, 6.07) is 7.82. The Morgan fingerprint density at radius 1 is 1.43 bits per heavy atom. The summed E-state index contributed by atoms with van der Waals surface area (Å²) < 4.78 is 5.54. The average Bonchev–Trinajstić information content (AvgIpc) is 2.93. The third-order valence-corrected chi connectivity index (χ3v) is 3.65. The van der Waals surface area contributed by atoms with Gasteiger partial charge in [-0.25, -0.2) is 0 Å². The first-order chi connectivity index (χ1) is 10.1. The van der Waals surface area contributed by atoms with E-state index in [1.54, 1.807) is 0 Å². The van der Waals surface area contributed by atoms with Gasteiger partial charge in [-0.05, 0) is 30.0 Å². The summed E-state index contributed by atoms with van der Waals surface area (Å²) in [5.74, 6) is 1.16. The molecule has 0 aromatic heterocycles. The molecule has 4 nitrogen and oxygen atoms in total. The fraction of sp³-hybridized carbons (Fsp3) is 0.471. The largest absolute Gasteiger partial charge is 0.484 e. The highest BCUT2D eigenvalue weighted by Crippen LogP contribution is 2.20. The van der Waals surface area contributed by atoms with Gasteiger partial charge in [0.05, 0.1) is 0 Å². The van der Waals surface area contributed by atoms with Gasteiger partial charge in [0.1, 0.15) is 5.75 Å². The zero-order chi connectivity index (χ0) is 15.2. The Balaban J connectivity index is 1.79. The fourth-order valence-electron chi connectivity index (χ4n) is 2.38. The quantitative estimate of drug-likeness (QED) is 0.790. The highest BCUT2D eigenvalue weighted by Gasteiger charge is 2.19. The molecule has 4 heteroatoms. The molecule has 114 valence electrons. The molecule has 0 bridgehead atoms. The molecule has 0 aliphatic heterocycles. The number of nitrogens with one attached hydrogen (secondary N) is 1. The predicted molar refractivity (Wildman–Crippen MR) is 82.3 cm³/mol. The van der Waals surface area contributed by atoms with Gasteiger partial charge in [-0.1, -0.05) is 38.1 Å². The third-order valence-electron chi connectivity index (χ3n) is 3.65. The highest BCUT2D eigenvalue weighted by molar-refractivity contribution is 5.78. The number of rotatable bonds is 6. The van der Waals surface area contributed by atoms with E-state index < -0.39 is 0 Å². The molecule has 1 aromatic carbocycles. The van der Waals surface area contributed by atoms with Crippen LogP contribution in [0.2, 0.25) is 0 Å². The summed E-state index contributed by atoms with van der Waals surface area (Å²) in [6.07, 6.45) is 4.63. The first kappa shape index (κ1) is 15.6. The van der Waals surface area contributed by atoms with E-state index in [1.165, 1.54) is 5.56 Å². The smallest absolute Gasteiger partial charge is 0.258 e. The fourth-order valence-corrected chi connectivity index (χ4v) is 2.38. The number of aliphatic hydroxyl groups is 1. The standard InChI is InChI=1S/C17H23NO3/c1-12(2)14-4-3-5-16(9-14)21-11-17(20)18-15-7-6-13(8-15)10-19/h3-7,9,12-13,15,19H,8,10-11H2,1-2H3,(H,18,20)/t13-,15+/m0/s1. The zero-order valence-corrected chi connectivity index (χ0v) is 12.6. The van der Waals surface area contributed by atoms with Gasteiger partial charge in [-0.3, -0.25) is 4.79 Å². The predicted octanol–water partition coefficient (Wildman–Crippen LogP) is 2.24. The molecule has 0 saturated carbocycles. The van der Waals surface area contributed by atoms with Crippen molar-refractivity contribution in [2.75, 3.05) is 13.2 Å². The van der Waals surface area contributed by atoms with Crippen LogP contribution in [0.5, 0.6) is 5.75 Å². The second-order valence-corrected chi connectivity index (χ2v) is 5.75. The summed E-state index contributed by atoms with van der Waals surface area (Å²) in [7, 11) is 0. The summed E-state index contributed by atoms with van der Waals surface area (Å²) >= 11 is 0.